The zero-order valence-electron chi connectivity index (χ0n) is 31.4. The fourth-order valence-corrected chi connectivity index (χ4v) is 12.7. The first kappa shape index (κ1) is 37.2. The highest BCUT2D eigenvalue weighted by Crippen LogP contribution is 2.70. The van der Waals surface area contributed by atoms with E-state index < -0.39 is 67.7 Å². The number of allylic oxidation sites excluding steroid dienone is 1. The molecule has 21 atom stereocenters. The highest BCUT2D eigenvalue weighted by molar-refractivity contribution is 5.26. The predicted octanol–water partition coefficient (Wildman–Crippen LogP) is 3.67. The molecule has 0 aromatic rings. The quantitative estimate of drug-likeness (QED) is 0.264. The summed E-state index contributed by atoms with van der Waals surface area (Å²) in [6, 6.07) is 0. The standard InChI is InChI=1S/C40H64O11/c1-19-9-14-40(46-18-19)21(3)30-28(51-40)16-27-25-8-7-23-15-24(10-12-38(23,5)26(25)11-13-39(27,30)6)48-37-35(33(44)32(43)29(17-41)49-37)50-36-34(45)31(42)20(2)22(4)47-36/h7,19-22,24-37,41-45H,8-18H2,1-6H3/t19-,20?,21+,22?,24+,25-,26+,27+,28+,29?,30+,31?,32-,33?,34?,35?,36?,37-,38+,39+,40-/m1/s1. The zero-order valence-corrected chi connectivity index (χ0v) is 31.4. The second-order valence-corrected chi connectivity index (χ2v) is 18.6. The van der Waals surface area contributed by atoms with Crippen molar-refractivity contribution >= 4 is 0 Å². The molecule has 8 rings (SSSR count). The van der Waals surface area contributed by atoms with E-state index in [1.807, 2.05) is 0 Å². The predicted molar refractivity (Wildman–Crippen MR) is 185 cm³/mol. The Kier molecular flexibility index (Phi) is 9.86. The van der Waals surface area contributed by atoms with Crippen molar-refractivity contribution in [2.24, 2.45) is 52.3 Å². The summed E-state index contributed by atoms with van der Waals surface area (Å²) in [4.78, 5) is 0. The molecule has 7 fully saturated rings. The fourth-order valence-electron chi connectivity index (χ4n) is 12.7. The van der Waals surface area contributed by atoms with Crippen LogP contribution in [-0.4, -0.2) is 112 Å². The van der Waals surface area contributed by atoms with Gasteiger partial charge in [0.1, 0.15) is 30.5 Å². The van der Waals surface area contributed by atoms with Crippen LogP contribution < -0.4 is 0 Å². The monoisotopic (exact) mass is 720 g/mol. The van der Waals surface area contributed by atoms with Gasteiger partial charge in [0, 0.05) is 18.3 Å². The molecule has 51 heavy (non-hydrogen) atoms. The zero-order chi connectivity index (χ0) is 36.2. The number of aliphatic hydroxyl groups is 5. The highest BCUT2D eigenvalue weighted by Gasteiger charge is 2.68. The molecule has 1 spiro atoms. The van der Waals surface area contributed by atoms with Gasteiger partial charge in [0.15, 0.2) is 18.4 Å². The molecule has 4 aliphatic carbocycles. The van der Waals surface area contributed by atoms with Gasteiger partial charge in [0.25, 0.3) is 0 Å². The second kappa shape index (κ2) is 13.5. The lowest BCUT2D eigenvalue weighted by atomic mass is 9.47. The Morgan fingerprint density at radius 1 is 0.843 bits per heavy atom. The molecule has 5 N–H and O–H groups in total. The second-order valence-electron chi connectivity index (χ2n) is 18.6. The number of ether oxygens (including phenoxy) is 6. The van der Waals surface area contributed by atoms with Gasteiger partial charge in [-0.05, 0) is 98.7 Å². The van der Waals surface area contributed by atoms with Crippen molar-refractivity contribution in [2.45, 2.75) is 173 Å². The van der Waals surface area contributed by atoms with Crippen molar-refractivity contribution in [3.63, 3.8) is 0 Å². The van der Waals surface area contributed by atoms with Crippen LogP contribution in [0.4, 0.5) is 0 Å². The van der Waals surface area contributed by atoms with Crippen LogP contribution in [0.5, 0.6) is 0 Å². The van der Waals surface area contributed by atoms with Crippen LogP contribution in [0, 0.1) is 52.3 Å². The van der Waals surface area contributed by atoms with Crippen molar-refractivity contribution in [1.82, 2.24) is 0 Å². The maximum atomic E-state index is 11.2. The lowest BCUT2D eigenvalue weighted by molar-refractivity contribution is -0.367. The molecule has 11 nitrogen and oxygen atoms in total. The van der Waals surface area contributed by atoms with E-state index in [0.29, 0.717) is 35.5 Å². The molecular formula is C40H64O11. The van der Waals surface area contributed by atoms with Crippen molar-refractivity contribution in [3.05, 3.63) is 11.6 Å². The molecule has 4 saturated heterocycles. The van der Waals surface area contributed by atoms with E-state index in [4.69, 9.17) is 28.4 Å². The number of rotatable bonds is 5. The van der Waals surface area contributed by atoms with Gasteiger partial charge in [-0.1, -0.05) is 46.3 Å². The van der Waals surface area contributed by atoms with Crippen molar-refractivity contribution < 1.29 is 54.0 Å². The number of hydrogen-bond acceptors (Lipinski definition) is 11. The smallest absolute Gasteiger partial charge is 0.187 e. The number of aliphatic hydroxyl groups excluding tert-OH is 5. The Balaban J connectivity index is 0.964. The highest BCUT2D eigenvalue weighted by atomic mass is 16.8. The first-order chi connectivity index (χ1) is 24.2. The Morgan fingerprint density at radius 3 is 2.35 bits per heavy atom. The third-order valence-electron chi connectivity index (χ3n) is 16.0. The summed E-state index contributed by atoms with van der Waals surface area (Å²) in [6.45, 7) is 13.6. The fraction of sp³-hybridized carbons (Fsp3) is 0.950. The van der Waals surface area contributed by atoms with E-state index in [9.17, 15) is 25.5 Å². The van der Waals surface area contributed by atoms with Gasteiger partial charge in [-0.15, -0.1) is 0 Å². The van der Waals surface area contributed by atoms with E-state index in [-0.39, 0.29) is 29.0 Å². The minimum absolute atomic E-state index is 0.0772. The summed E-state index contributed by atoms with van der Waals surface area (Å²) >= 11 is 0. The van der Waals surface area contributed by atoms with Crippen molar-refractivity contribution in [3.8, 4) is 0 Å². The lowest BCUT2D eigenvalue weighted by Gasteiger charge is -2.58. The molecule has 290 valence electrons. The topological polar surface area (TPSA) is 157 Å². The van der Waals surface area contributed by atoms with E-state index in [0.717, 1.165) is 45.1 Å². The minimum Gasteiger partial charge on any atom is -0.394 e. The normalized spacial score (nSPS) is 58.4. The molecule has 0 bridgehead atoms. The number of hydrogen-bond donors (Lipinski definition) is 5. The van der Waals surface area contributed by atoms with Crippen LogP contribution in [0.3, 0.4) is 0 Å². The van der Waals surface area contributed by atoms with Gasteiger partial charge in [-0.25, -0.2) is 0 Å². The molecule has 8 aliphatic rings. The summed E-state index contributed by atoms with van der Waals surface area (Å²) in [6.07, 6.45) is 1.49. The summed E-state index contributed by atoms with van der Waals surface area (Å²) in [5.41, 5.74) is 1.76. The van der Waals surface area contributed by atoms with E-state index in [1.165, 1.54) is 24.8 Å². The van der Waals surface area contributed by atoms with Crippen LogP contribution in [0.15, 0.2) is 11.6 Å². The SMILES string of the molecule is CC1OC(OC2C(O)[C@H](O)C(CO)O[C@H]2O[C@H]2CC[C@@]3(C)C(=CC[C@H]4[C@@H]5C[C@@H]6O[C@]7(CC[C@@H](C)CO7)[C@@H](C)[C@@H]6[C@@]5(C)CC[C@@H]43)C2)C(O)C(O)C1C. The molecule has 4 heterocycles. The van der Waals surface area contributed by atoms with Gasteiger partial charge >= 0.3 is 0 Å². The third-order valence-corrected chi connectivity index (χ3v) is 16.0. The van der Waals surface area contributed by atoms with Gasteiger partial charge in [-0.3, -0.25) is 0 Å². The maximum Gasteiger partial charge on any atom is 0.187 e. The average Bonchev–Trinajstić information content (AvgIpc) is 3.56. The summed E-state index contributed by atoms with van der Waals surface area (Å²) < 4.78 is 38.1. The molecule has 8 unspecified atom stereocenters. The average molecular weight is 721 g/mol. The summed E-state index contributed by atoms with van der Waals surface area (Å²) in [7, 11) is 0. The first-order valence-electron chi connectivity index (χ1n) is 20.2. The van der Waals surface area contributed by atoms with Crippen LogP contribution in [0.1, 0.15) is 99.3 Å². The Labute approximate surface area is 303 Å². The van der Waals surface area contributed by atoms with E-state index >= 15 is 0 Å². The molecule has 3 saturated carbocycles. The van der Waals surface area contributed by atoms with Gasteiger partial charge in [0.2, 0.25) is 0 Å². The van der Waals surface area contributed by atoms with Crippen LogP contribution in [0.25, 0.3) is 0 Å². The molecule has 0 aromatic heterocycles. The minimum atomic E-state index is -1.47. The van der Waals surface area contributed by atoms with Crippen molar-refractivity contribution in [2.75, 3.05) is 13.2 Å². The van der Waals surface area contributed by atoms with Gasteiger partial charge < -0.3 is 54.0 Å². The summed E-state index contributed by atoms with van der Waals surface area (Å²) in [5, 5.41) is 53.3. The molecular weight excluding hydrogens is 656 g/mol. The summed E-state index contributed by atoms with van der Waals surface area (Å²) in [5.74, 6) is 2.70. The molecule has 11 heteroatoms. The molecule has 0 amide bonds. The molecule has 0 aromatic carbocycles. The molecule has 4 aliphatic heterocycles. The van der Waals surface area contributed by atoms with Crippen LogP contribution >= 0.6 is 0 Å². The van der Waals surface area contributed by atoms with Crippen LogP contribution in [0.2, 0.25) is 0 Å². The van der Waals surface area contributed by atoms with Crippen molar-refractivity contribution in [1.29, 1.82) is 0 Å². The first-order valence-corrected chi connectivity index (χ1v) is 20.2. The van der Waals surface area contributed by atoms with Gasteiger partial charge in [0.05, 0.1) is 37.6 Å². The number of fused-ring (bicyclic) bond motifs is 7. The largest absolute Gasteiger partial charge is 0.394 e. The maximum absolute atomic E-state index is 11.2. The molecule has 0 radical (unpaired) electrons. The van der Waals surface area contributed by atoms with E-state index in [1.54, 1.807) is 13.8 Å². The van der Waals surface area contributed by atoms with E-state index in [2.05, 4.69) is 33.8 Å². The lowest BCUT2D eigenvalue weighted by Crippen LogP contribution is -2.63. The Hall–Kier alpha value is -0.700. The Morgan fingerprint density at radius 2 is 1.63 bits per heavy atom. The van der Waals surface area contributed by atoms with Crippen LogP contribution in [-0.2, 0) is 28.4 Å². The van der Waals surface area contributed by atoms with Gasteiger partial charge in [-0.2, -0.15) is 0 Å². The Bertz CT molecular complexity index is 1300. The third kappa shape index (κ3) is 5.85.